The number of hydrogen-bond donors (Lipinski definition) is 1. The molecule has 1 amide bonds. The number of rotatable bonds is 3. The first-order valence-corrected chi connectivity index (χ1v) is 6.28. The normalized spacial score (nSPS) is 13.7. The zero-order chi connectivity index (χ0) is 10.8. The molecule has 0 saturated heterocycles. The van der Waals surface area contributed by atoms with Gasteiger partial charge in [-0.05, 0) is 25.3 Å². The molecule has 0 aliphatic rings. The van der Waals surface area contributed by atoms with Crippen molar-refractivity contribution in [3.8, 4) is 0 Å². The van der Waals surface area contributed by atoms with E-state index in [1.165, 1.54) is 11.3 Å². The van der Waals surface area contributed by atoms with Crippen LogP contribution in [-0.2, 0) is 0 Å². The number of alkyl halides is 1. The molecule has 1 N–H and O–H groups in total. The summed E-state index contributed by atoms with van der Waals surface area (Å²) >= 11 is 5.01. The Bertz CT molecular complexity index is 306. The van der Waals surface area contributed by atoms with Crippen LogP contribution < -0.4 is 5.32 Å². The zero-order valence-corrected chi connectivity index (χ0v) is 10.9. The van der Waals surface area contributed by atoms with Crippen molar-refractivity contribution in [3.63, 3.8) is 0 Å². The number of carbonyl (C=O) groups excluding carboxylic acids is 1. The molecule has 1 rings (SSSR count). The summed E-state index contributed by atoms with van der Waals surface area (Å²) in [5, 5.41) is 6.73. The molecule has 0 aliphatic carbocycles. The van der Waals surface area contributed by atoms with E-state index in [0.717, 1.165) is 5.56 Å². The molecule has 78 valence electrons. The van der Waals surface area contributed by atoms with Gasteiger partial charge in [-0.2, -0.15) is 11.3 Å². The van der Waals surface area contributed by atoms with Gasteiger partial charge in [0.1, 0.15) is 0 Å². The molecule has 0 saturated carbocycles. The Morgan fingerprint density at radius 3 is 2.71 bits per heavy atom. The largest absolute Gasteiger partial charge is 0.346 e. The highest BCUT2D eigenvalue weighted by Crippen LogP contribution is 2.17. The van der Waals surface area contributed by atoms with Crippen LogP contribution in [0.25, 0.3) is 0 Å². The van der Waals surface area contributed by atoms with Gasteiger partial charge in [0.05, 0.1) is 5.56 Å². The van der Waals surface area contributed by atoms with Gasteiger partial charge in [-0.3, -0.25) is 4.79 Å². The third kappa shape index (κ3) is 2.82. The molecule has 1 unspecified atom stereocenters. The summed E-state index contributed by atoms with van der Waals surface area (Å²) in [7, 11) is 0. The molecule has 2 nitrogen and oxygen atoms in total. The minimum Gasteiger partial charge on any atom is -0.346 e. The standard InChI is InChI=1S/C10H14BrNOS/c1-7(11)10(2,3)12-9(13)8-4-5-14-6-8/h4-7H,1-3H3,(H,12,13). The van der Waals surface area contributed by atoms with E-state index in [1.54, 1.807) is 0 Å². The molecular weight excluding hydrogens is 262 g/mol. The summed E-state index contributed by atoms with van der Waals surface area (Å²) in [6, 6.07) is 1.83. The van der Waals surface area contributed by atoms with Gasteiger partial charge in [-0.1, -0.05) is 22.9 Å². The van der Waals surface area contributed by atoms with E-state index in [4.69, 9.17) is 0 Å². The van der Waals surface area contributed by atoms with Crippen molar-refractivity contribution in [3.05, 3.63) is 22.4 Å². The Kier molecular flexibility index (Phi) is 3.72. The van der Waals surface area contributed by atoms with Crippen molar-refractivity contribution < 1.29 is 4.79 Å². The highest BCUT2D eigenvalue weighted by molar-refractivity contribution is 9.09. The van der Waals surface area contributed by atoms with Crippen molar-refractivity contribution in [1.29, 1.82) is 0 Å². The van der Waals surface area contributed by atoms with Crippen LogP contribution in [0.4, 0.5) is 0 Å². The van der Waals surface area contributed by atoms with Crippen LogP contribution in [0.15, 0.2) is 16.8 Å². The van der Waals surface area contributed by atoms with E-state index in [0.29, 0.717) is 0 Å². The van der Waals surface area contributed by atoms with Crippen molar-refractivity contribution in [2.45, 2.75) is 31.1 Å². The minimum absolute atomic E-state index is 0.0115. The summed E-state index contributed by atoms with van der Waals surface area (Å²) in [5.41, 5.74) is 0.496. The second-order valence-electron chi connectivity index (χ2n) is 3.80. The minimum atomic E-state index is -0.237. The maximum atomic E-state index is 11.7. The fourth-order valence-electron chi connectivity index (χ4n) is 0.858. The molecule has 0 radical (unpaired) electrons. The Balaban J connectivity index is 2.66. The summed E-state index contributed by atoms with van der Waals surface area (Å²) in [4.78, 5) is 11.9. The molecule has 1 heterocycles. The highest BCUT2D eigenvalue weighted by atomic mass is 79.9. The Hall–Kier alpha value is -0.350. The summed E-state index contributed by atoms with van der Waals surface area (Å²) in [6.07, 6.45) is 0. The smallest absolute Gasteiger partial charge is 0.252 e. The molecule has 0 aromatic carbocycles. The fourth-order valence-corrected chi connectivity index (χ4v) is 1.61. The number of carbonyl (C=O) groups is 1. The molecule has 1 aromatic heterocycles. The third-order valence-electron chi connectivity index (χ3n) is 2.21. The summed E-state index contributed by atoms with van der Waals surface area (Å²) in [5.74, 6) is -0.0115. The van der Waals surface area contributed by atoms with Crippen molar-refractivity contribution in [2.75, 3.05) is 0 Å². The van der Waals surface area contributed by atoms with Crippen LogP contribution in [0.3, 0.4) is 0 Å². The van der Waals surface area contributed by atoms with E-state index in [9.17, 15) is 4.79 Å². The van der Waals surface area contributed by atoms with Gasteiger partial charge in [0, 0.05) is 15.7 Å². The van der Waals surface area contributed by atoms with Crippen LogP contribution in [0.2, 0.25) is 0 Å². The van der Waals surface area contributed by atoms with Gasteiger partial charge in [-0.25, -0.2) is 0 Å². The maximum absolute atomic E-state index is 11.7. The lowest BCUT2D eigenvalue weighted by molar-refractivity contribution is 0.0914. The number of hydrogen-bond acceptors (Lipinski definition) is 2. The topological polar surface area (TPSA) is 29.1 Å². The van der Waals surface area contributed by atoms with Crippen LogP contribution in [0, 0.1) is 0 Å². The SMILES string of the molecule is CC(Br)C(C)(C)NC(=O)c1ccsc1. The summed E-state index contributed by atoms with van der Waals surface area (Å²) < 4.78 is 0. The molecule has 4 heteroatoms. The molecular formula is C10H14BrNOS. The van der Waals surface area contributed by atoms with E-state index in [1.807, 2.05) is 37.6 Å². The van der Waals surface area contributed by atoms with Gasteiger partial charge < -0.3 is 5.32 Å². The average molecular weight is 276 g/mol. The Morgan fingerprint density at radius 1 is 1.64 bits per heavy atom. The lowest BCUT2D eigenvalue weighted by Crippen LogP contribution is -2.48. The highest BCUT2D eigenvalue weighted by Gasteiger charge is 2.26. The van der Waals surface area contributed by atoms with E-state index in [-0.39, 0.29) is 16.3 Å². The third-order valence-corrected chi connectivity index (χ3v) is 4.04. The van der Waals surface area contributed by atoms with Gasteiger partial charge >= 0.3 is 0 Å². The molecule has 14 heavy (non-hydrogen) atoms. The molecule has 1 aromatic rings. The number of nitrogens with one attached hydrogen (secondary N) is 1. The first-order valence-electron chi connectivity index (χ1n) is 4.42. The summed E-state index contributed by atoms with van der Waals surface area (Å²) in [6.45, 7) is 6.02. The van der Waals surface area contributed by atoms with Crippen LogP contribution in [-0.4, -0.2) is 16.3 Å². The van der Waals surface area contributed by atoms with E-state index < -0.39 is 0 Å². The van der Waals surface area contributed by atoms with E-state index in [2.05, 4.69) is 21.2 Å². The van der Waals surface area contributed by atoms with Crippen molar-refractivity contribution >= 4 is 33.2 Å². The molecule has 1 atom stereocenters. The van der Waals surface area contributed by atoms with Crippen LogP contribution >= 0.6 is 27.3 Å². The Labute approximate surface area is 96.8 Å². The van der Waals surface area contributed by atoms with Gasteiger partial charge in [0.2, 0.25) is 0 Å². The predicted octanol–water partition coefficient (Wildman–Crippen LogP) is 3.04. The fraction of sp³-hybridized carbons (Fsp3) is 0.500. The van der Waals surface area contributed by atoms with Gasteiger partial charge in [-0.15, -0.1) is 0 Å². The van der Waals surface area contributed by atoms with Crippen LogP contribution in [0.1, 0.15) is 31.1 Å². The van der Waals surface area contributed by atoms with Crippen molar-refractivity contribution in [2.24, 2.45) is 0 Å². The zero-order valence-electron chi connectivity index (χ0n) is 8.50. The predicted molar refractivity (Wildman–Crippen MR) is 64.3 cm³/mol. The first-order chi connectivity index (χ1) is 6.43. The molecule has 0 fully saturated rings. The maximum Gasteiger partial charge on any atom is 0.252 e. The molecule has 0 aliphatic heterocycles. The molecule has 0 spiro atoms. The lowest BCUT2D eigenvalue weighted by atomic mass is 10.0. The quantitative estimate of drug-likeness (QED) is 0.845. The average Bonchev–Trinajstić information content (AvgIpc) is 2.54. The first kappa shape index (κ1) is 11.7. The molecule has 0 bridgehead atoms. The van der Waals surface area contributed by atoms with E-state index >= 15 is 0 Å². The second-order valence-corrected chi connectivity index (χ2v) is 5.96. The Morgan fingerprint density at radius 2 is 2.29 bits per heavy atom. The number of halogens is 1. The monoisotopic (exact) mass is 275 g/mol. The number of amides is 1. The lowest BCUT2D eigenvalue weighted by Gasteiger charge is -2.29. The van der Waals surface area contributed by atoms with Crippen LogP contribution in [0.5, 0.6) is 0 Å². The number of thiophene rings is 1. The van der Waals surface area contributed by atoms with Gasteiger partial charge in [0.25, 0.3) is 5.91 Å². The second kappa shape index (κ2) is 4.45. The van der Waals surface area contributed by atoms with Crippen molar-refractivity contribution in [1.82, 2.24) is 5.32 Å². The van der Waals surface area contributed by atoms with Gasteiger partial charge in [0.15, 0.2) is 0 Å².